The summed E-state index contributed by atoms with van der Waals surface area (Å²) in [5.41, 5.74) is -0.424. The lowest BCUT2D eigenvalue weighted by atomic mass is 9.77. The van der Waals surface area contributed by atoms with Crippen LogP contribution < -0.4 is 10.2 Å². The average Bonchev–Trinajstić information content (AvgIpc) is 3.04. The number of esters is 1. The van der Waals surface area contributed by atoms with Gasteiger partial charge in [0.15, 0.2) is 6.61 Å². The van der Waals surface area contributed by atoms with Crippen molar-refractivity contribution in [3.8, 4) is 0 Å². The van der Waals surface area contributed by atoms with Crippen LogP contribution in [0.25, 0.3) is 0 Å². The third-order valence-electron chi connectivity index (χ3n) is 6.84. The topological polar surface area (TPSA) is 99.3 Å². The van der Waals surface area contributed by atoms with Gasteiger partial charge in [-0.2, -0.15) is 0 Å². The van der Waals surface area contributed by atoms with E-state index < -0.39 is 36.6 Å². The Morgan fingerprint density at radius 2 is 1.79 bits per heavy atom. The molecule has 4 rings (SSSR count). The Morgan fingerprint density at radius 1 is 1.12 bits per heavy atom. The molecule has 4 amide bonds. The highest BCUT2D eigenvalue weighted by molar-refractivity contribution is 6.08. The Labute approximate surface area is 191 Å². The minimum Gasteiger partial charge on any atom is -0.454 e. The van der Waals surface area contributed by atoms with E-state index in [0.717, 1.165) is 17.7 Å². The van der Waals surface area contributed by atoms with Gasteiger partial charge in [0.1, 0.15) is 17.9 Å². The van der Waals surface area contributed by atoms with Crippen molar-refractivity contribution >= 4 is 29.5 Å². The number of nitrogens with zero attached hydrogens (tertiary/aromatic N) is 3. The molecule has 33 heavy (non-hydrogen) atoms. The predicted molar refractivity (Wildman–Crippen MR) is 117 cm³/mol. The zero-order chi connectivity index (χ0) is 23.6. The number of imide groups is 1. The van der Waals surface area contributed by atoms with E-state index in [4.69, 9.17) is 4.74 Å². The van der Waals surface area contributed by atoms with Gasteiger partial charge in [0.25, 0.3) is 11.8 Å². The lowest BCUT2D eigenvalue weighted by molar-refractivity contribution is -0.154. The lowest BCUT2D eigenvalue weighted by Gasteiger charge is -2.36. The summed E-state index contributed by atoms with van der Waals surface area (Å²) < 4.78 is 19.0. The van der Waals surface area contributed by atoms with Crippen LogP contribution in [0.3, 0.4) is 0 Å². The molecule has 0 unspecified atom stereocenters. The van der Waals surface area contributed by atoms with Crippen LogP contribution in [-0.2, 0) is 19.1 Å². The highest BCUT2D eigenvalue weighted by atomic mass is 19.1. The first-order valence-corrected chi connectivity index (χ1v) is 11.4. The van der Waals surface area contributed by atoms with E-state index >= 15 is 0 Å². The van der Waals surface area contributed by atoms with E-state index in [1.54, 1.807) is 23.1 Å². The maximum atomic E-state index is 14.0. The number of ether oxygens (including phenoxy) is 1. The van der Waals surface area contributed by atoms with Gasteiger partial charge in [-0.25, -0.2) is 9.18 Å². The summed E-state index contributed by atoms with van der Waals surface area (Å²) in [6.07, 6.45) is 2.79. The van der Waals surface area contributed by atoms with Gasteiger partial charge >= 0.3 is 12.0 Å². The third-order valence-corrected chi connectivity index (χ3v) is 6.84. The van der Waals surface area contributed by atoms with Gasteiger partial charge in [-0.1, -0.05) is 19.1 Å². The number of hydrogen-bond acceptors (Lipinski definition) is 6. The van der Waals surface area contributed by atoms with Crippen LogP contribution >= 0.6 is 0 Å². The number of carbonyl (C=O) groups is 4. The van der Waals surface area contributed by atoms with Gasteiger partial charge in [-0.3, -0.25) is 19.3 Å². The van der Waals surface area contributed by atoms with Crippen molar-refractivity contribution in [2.24, 2.45) is 5.92 Å². The molecule has 1 aromatic carbocycles. The molecule has 10 heteroatoms. The number of benzene rings is 1. The highest BCUT2D eigenvalue weighted by Gasteiger charge is 2.52. The smallest absolute Gasteiger partial charge is 0.326 e. The van der Waals surface area contributed by atoms with Gasteiger partial charge in [-0.15, -0.1) is 0 Å². The second-order valence-corrected chi connectivity index (χ2v) is 9.07. The van der Waals surface area contributed by atoms with Gasteiger partial charge in [0.05, 0.1) is 5.69 Å². The highest BCUT2D eigenvalue weighted by Crippen LogP contribution is 2.36. The fraction of sp³-hybridized carbons (Fsp3) is 0.565. The molecular weight excluding hydrogens is 431 g/mol. The van der Waals surface area contributed by atoms with E-state index in [0.29, 0.717) is 50.6 Å². The van der Waals surface area contributed by atoms with Crippen LogP contribution in [0.1, 0.15) is 32.6 Å². The molecule has 0 radical (unpaired) electrons. The second-order valence-electron chi connectivity index (χ2n) is 9.07. The molecule has 3 fully saturated rings. The molecule has 1 N–H and O–H groups in total. The molecule has 0 aromatic heterocycles. The van der Waals surface area contributed by atoms with Crippen LogP contribution in [0.5, 0.6) is 0 Å². The van der Waals surface area contributed by atoms with Gasteiger partial charge in [-0.05, 0) is 43.7 Å². The number of carbonyl (C=O) groups excluding carboxylic acids is 4. The average molecular weight is 461 g/mol. The first kappa shape index (κ1) is 23.0. The Morgan fingerprint density at radius 3 is 2.45 bits per heavy atom. The monoisotopic (exact) mass is 460 g/mol. The molecule has 1 aromatic rings. The van der Waals surface area contributed by atoms with Crippen molar-refractivity contribution in [2.45, 2.75) is 38.1 Å². The number of amides is 4. The molecule has 1 spiro atoms. The summed E-state index contributed by atoms with van der Waals surface area (Å²) in [4.78, 5) is 54.1. The van der Waals surface area contributed by atoms with Gasteiger partial charge < -0.3 is 19.9 Å². The number of piperazine rings is 1. The SMILES string of the molecule is CC1CCC2(CC1)NC(=O)N(CC(=O)OCC(=O)N1CCN(c3ccccc3F)CC1)C2=O. The maximum Gasteiger partial charge on any atom is 0.326 e. The van der Waals surface area contributed by atoms with Crippen molar-refractivity contribution in [3.63, 3.8) is 0 Å². The largest absolute Gasteiger partial charge is 0.454 e. The summed E-state index contributed by atoms with van der Waals surface area (Å²) in [7, 11) is 0. The zero-order valence-electron chi connectivity index (χ0n) is 18.7. The molecule has 2 heterocycles. The number of urea groups is 1. The molecule has 1 aliphatic carbocycles. The normalized spacial score (nSPS) is 25.4. The van der Waals surface area contributed by atoms with Crippen molar-refractivity contribution in [2.75, 3.05) is 44.2 Å². The number of anilines is 1. The summed E-state index contributed by atoms with van der Waals surface area (Å²) in [6, 6.07) is 5.89. The molecule has 178 valence electrons. The van der Waals surface area contributed by atoms with Crippen LogP contribution in [0.4, 0.5) is 14.9 Å². The molecule has 2 aliphatic heterocycles. The quantitative estimate of drug-likeness (QED) is 0.528. The van der Waals surface area contributed by atoms with Gasteiger partial charge in [0.2, 0.25) is 0 Å². The van der Waals surface area contributed by atoms with Crippen LogP contribution in [0.15, 0.2) is 24.3 Å². The molecule has 2 saturated heterocycles. The summed E-state index contributed by atoms with van der Waals surface area (Å²) >= 11 is 0. The zero-order valence-corrected chi connectivity index (χ0v) is 18.7. The Hall–Kier alpha value is -3.17. The molecule has 9 nitrogen and oxygen atoms in total. The Kier molecular flexibility index (Phi) is 6.53. The van der Waals surface area contributed by atoms with Crippen LogP contribution in [0, 0.1) is 11.7 Å². The number of halogens is 1. The van der Waals surface area contributed by atoms with Gasteiger partial charge in [0, 0.05) is 26.2 Å². The minimum atomic E-state index is -0.919. The van der Waals surface area contributed by atoms with E-state index in [1.807, 2.05) is 4.90 Å². The Bertz CT molecular complexity index is 939. The van der Waals surface area contributed by atoms with Crippen LogP contribution in [0.2, 0.25) is 0 Å². The Balaban J connectivity index is 1.23. The van der Waals surface area contributed by atoms with E-state index in [1.165, 1.54) is 6.07 Å². The molecule has 1 saturated carbocycles. The summed E-state index contributed by atoms with van der Waals surface area (Å²) in [6.45, 7) is 2.80. The van der Waals surface area contributed by atoms with Crippen molar-refractivity contribution in [3.05, 3.63) is 30.1 Å². The van der Waals surface area contributed by atoms with Crippen molar-refractivity contribution < 1.29 is 28.3 Å². The van der Waals surface area contributed by atoms with E-state index in [-0.39, 0.29) is 11.7 Å². The standard InChI is InChI=1S/C23H29FN4O5/c1-16-6-8-23(9-7-16)21(31)28(22(32)25-23)14-20(30)33-15-19(29)27-12-10-26(11-13-27)18-5-3-2-4-17(18)24/h2-5,16H,6-15H2,1H3,(H,25,32). The molecule has 0 atom stereocenters. The second kappa shape index (κ2) is 9.36. The molecule has 0 bridgehead atoms. The summed E-state index contributed by atoms with van der Waals surface area (Å²) in [5.74, 6) is -1.38. The fourth-order valence-electron chi connectivity index (χ4n) is 4.73. The third kappa shape index (κ3) is 4.79. The molecular formula is C23H29FN4O5. The van der Waals surface area contributed by atoms with Crippen molar-refractivity contribution in [1.29, 1.82) is 0 Å². The lowest BCUT2D eigenvalue weighted by Crippen LogP contribution is -2.50. The minimum absolute atomic E-state index is 0.309. The number of nitrogens with one attached hydrogen (secondary N) is 1. The summed E-state index contributed by atoms with van der Waals surface area (Å²) in [5, 5.41) is 2.76. The van der Waals surface area contributed by atoms with E-state index in [9.17, 15) is 23.6 Å². The predicted octanol–water partition coefficient (Wildman–Crippen LogP) is 1.52. The van der Waals surface area contributed by atoms with E-state index in [2.05, 4.69) is 12.2 Å². The van der Waals surface area contributed by atoms with Crippen LogP contribution in [-0.4, -0.2) is 78.5 Å². The number of para-hydroxylation sites is 1. The number of rotatable bonds is 5. The maximum absolute atomic E-state index is 14.0. The van der Waals surface area contributed by atoms with Crippen molar-refractivity contribution in [1.82, 2.24) is 15.1 Å². The first-order chi connectivity index (χ1) is 15.8. The fourth-order valence-corrected chi connectivity index (χ4v) is 4.73. The molecule has 3 aliphatic rings. The first-order valence-electron chi connectivity index (χ1n) is 11.4. The number of hydrogen-bond donors (Lipinski definition) is 1.